The van der Waals surface area contributed by atoms with Crippen LogP contribution in [0.15, 0.2) is 0 Å². The van der Waals surface area contributed by atoms with Crippen molar-refractivity contribution in [1.82, 2.24) is 4.98 Å². The van der Waals surface area contributed by atoms with Gasteiger partial charge in [-0.2, -0.15) is 22.5 Å². The van der Waals surface area contributed by atoms with Crippen LogP contribution in [0.5, 0.6) is 0 Å². The van der Waals surface area contributed by atoms with E-state index in [9.17, 15) is 27.2 Å². The first-order valence-electron chi connectivity index (χ1n) is 7.57. The van der Waals surface area contributed by atoms with Crippen molar-refractivity contribution in [1.29, 1.82) is 0 Å². The average molecular weight is 364 g/mol. The molecular weight excluding hydrogens is 348 g/mol. The molecule has 0 unspecified atom stereocenters. The number of carbonyl (C=O) groups is 2. The van der Waals surface area contributed by atoms with Crippen LogP contribution in [-0.2, 0) is 19.1 Å². The number of nitrogens with one attached hydrogen (secondary N) is 1. The largest absolute Gasteiger partial charge is 0.466 e. The van der Waals surface area contributed by atoms with E-state index in [4.69, 9.17) is 9.47 Å². The number of carbonyl (C=O) groups excluding carboxylic acids is 2. The second-order valence-corrected chi connectivity index (χ2v) is 5.48. The molecule has 1 fully saturated rings. The third-order valence-electron chi connectivity index (χ3n) is 3.84. The number of esters is 2. The van der Waals surface area contributed by atoms with Gasteiger partial charge in [0, 0.05) is 0 Å². The van der Waals surface area contributed by atoms with Crippen LogP contribution in [0, 0.1) is 29.4 Å². The molecule has 1 saturated carbocycles. The minimum absolute atomic E-state index is 0.0314. The molecule has 0 radical (unpaired) electrons. The summed E-state index contributed by atoms with van der Waals surface area (Å²) in [6.45, 7) is 3.20. The van der Waals surface area contributed by atoms with Gasteiger partial charge in [-0.05, 0) is 26.7 Å². The van der Waals surface area contributed by atoms with Gasteiger partial charge in [-0.3, -0.25) is 4.79 Å². The molecule has 6 nitrogen and oxygen atoms in total. The van der Waals surface area contributed by atoms with Gasteiger partial charge in [-0.1, -0.05) is 0 Å². The fourth-order valence-corrected chi connectivity index (χ4v) is 2.63. The Balaban J connectivity index is 2.31. The lowest BCUT2D eigenvalue weighted by atomic mass is 9.68. The molecule has 138 valence electrons. The van der Waals surface area contributed by atoms with Gasteiger partial charge in [0.05, 0.1) is 19.1 Å². The molecule has 0 spiro atoms. The van der Waals surface area contributed by atoms with Crippen molar-refractivity contribution in [2.24, 2.45) is 5.92 Å². The predicted octanol–water partition coefficient (Wildman–Crippen LogP) is 2.32. The maximum absolute atomic E-state index is 13.8. The first-order valence-corrected chi connectivity index (χ1v) is 7.57. The van der Waals surface area contributed by atoms with Crippen molar-refractivity contribution < 1.29 is 36.6 Å². The SMILES string of the molecule is CCOC(=O)C1CC(Nc2c(F)c(F)nc(F)c2F)(C(=O)OCC)C1. The lowest BCUT2D eigenvalue weighted by molar-refractivity contribution is -0.162. The highest BCUT2D eigenvalue weighted by molar-refractivity contribution is 5.89. The number of pyridine rings is 1. The molecule has 0 aliphatic heterocycles. The van der Waals surface area contributed by atoms with E-state index in [0.717, 1.165) is 0 Å². The molecule has 0 aromatic carbocycles. The van der Waals surface area contributed by atoms with Crippen LogP contribution in [0.1, 0.15) is 26.7 Å². The summed E-state index contributed by atoms with van der Waals surface area (Å²) < 4.78 is 63.8. The fourth-order valence-electron chi connectivity index (χ4n) is 2.63. The van der Waals surface area contributed by atoms with E-state index in [1.165, 1.54) is 6.92 Å². The molecule has 10 heteroatoms. The van der Waals surface area contributed by atoms with Crippen molar-refractivity contribution in [3.05, 3.63) is 23.5 Å². The minimum atomic E-state index is -1.86. The van der Waals surface area contributed by atoms with E-state index in [-0.39, 0.29) is 26.1 Å². The number of ether oxygens (including phenoxy) is 2. The molecule has 0 atom stereocenters. The molecule has 1 heterocycles. The third-order valence-corrected chi connectivity index (χ3v) is 3.84. The fraction of sp³-hybridized carbons (Fsp3) is 0.533. The van der Waals surface area contributed by atoms with Crippen molar-refractivity contribution in [2.75, 3.05) is 18.5 Å². The number of hydrogen-bond acceptors (Lipinski definition) is 6. The van der Waals surface area contributed by atoms with Crippen molar-refractivity contribution in [3.63, 3.8) is 0 Å². The number of halogens is 4. The normalized spacial score (nSPS) is 22.1. The Morgan fingerprint density at radius 3 is 2.08 bits per heavy atom. The highest BCUT2D eigenvalue weighted by atomic mass is 19.2. The number of anilines is 1. The quantitative estimate of drug-likeness (QED) is 0.474. The lowest BCUT2D eigenvalue weighted by Gasteiger charge is -2.44. The summed E-state index contributed by atoms with van der Waals surface area (Å²) in [6, 6.07) is 0. The van der Waals surface area contributed by atoms with Gasteiger partial charge >= 0.3 is 11.9 Å². The summed E-state index contributed by atoms with van der Waals surface area (Å²) >= 11 is 0. The number of rotatable bonds is 6. The summed E-state index contributed by atoms with van der Waals surface area (Å²) in [5.41, 5.74) is -2.88. The summed E-state index contributed by atoms with van der Waals surface area (Å²) in [5, 5.41) is 2.17. The zero-order valence-electron chi connectivity index (χ0n) is 13.5. The van der Waals surface area contributed by atoms with Gasteiger partial charge in [-0.25, -0.2) is 4.79 Å². The Kier molecular flexibility index (Phi) is 5.48. The molecular formula is C15H16F4N2O4. The van der Waals surface area contributed by atoms with Crippen molar-refractivity contribution >= 4 is 17.6 Å². The second-order valence-electron chi connectivity index (χ2n) is 5.48. The highest BCUT2D eigenvalue weighted by Crippen LogP contribution is 2.43. The van der Waals surface area contributed by atoms with Gasteiger partial charge in [0.1, 0.15) is 11.2 Å². The Morgan fingerprint density at radius 1 is 1.08 bits per heavy atom. The van der Waals surface area contributed by atoms with Crippen LogP contribution in [0.25, 0.3) is 0 Å². The molecule has 0 bridgehead atoms. The van der Waals surface area contributed by atoms with Crippen molar-refractivity contribution in [2.45, 2.75) is 32.2 Å². The zero-order chi connectivity index (χ0) is 18.8. The van der Waals surface area contributed by atoms with E-state index in [1.807, 2.05) is 0 Å². The topological polar surface area (TPSA) is 77.5 Å². The smallest absolute Gasteiger partial charge is 0.331 e. The molecule has 1 N–H and O–H groups in total. The Labute approximate surface area is 140 Å². The van der Waals surface area contributed by atoms with Crippen LogP contribution < -0.4 is 5.32 Å². The average Bonchev–Trinajstić information content (AvgIpc) is 2.52. The maximum Gasteiger partial charge on any atom is 0.331 e. The Hall–Kier alpha value is -2.39. The molecule has 1 aliphatic carbocycles. The molecule has 1 aromatic heterocycles. The standard InChI is InChI=1S/C15H16F4N2O4/c1-3-24-13(22)7-5-15(6-7,14(23)25-4-2)21-10-8(16)11(18)20-12(19)9(10)17/h7H,3-6H2,1-2H3,(H,20,21). The summed E-state index contributed by atoms with van der Waals surface area (Å²) in [7, 11) is 0. The maximum atomic E-state index is 13.8. The Bertz CT molecular complexity index is 666. The van der Waals surface area contributed by atoms with E-state index in [0.29, 0.717) is 0 Å². The molecule has 2 rings (SSSR count). The first kappa shape index (κ1) is 18.9. The van der Waals surface area contributed by atoms with E-state index in [2.05, 4.69) is 10.3 Å². The predicted molar refractivity (Wildman–Crippen MR) is 76.4 cm³/mol. The van der Waals surface area contributed by atoms with Gasteiger partial charge in [0.2, 0.25) is 11.6 Å². The van der Waals surface area contributed by atoms with E-state index in [1.54, 1.807) is 6.92 Å². The van der Waals surface area contributed by atoms with E-state index < -0.39 is 52.6 Å². The summed E-state index contributed by atoms with van der Waals surface area (Å²) in [5.74, 6) is -9.46. The highest BCUT2D eigenvalue weighted by Gasteiger charge is 2.55. The molecule has 25 heavy (non-hydrogen) atoms. The number of hydrogen-bond donors (Lipinski definition) is 1. The van der Waals surface area contributed by atoms with Crippen molar-refractivity contribution in [3.8, 4) is 0 Å². The third kappa shape index (κ3) is 3.52. The molecule has 1 aliphatic rings. The monoisotopic (exact) mass is 364 g/mol. The number of nitrogens with zero attached hydrogens (tertiary/aromatic N) is 1. The zero-order valence-corrected chi connectivity index (χ0v) is 13.5. The van der Waals surface area contributed by atoms with Gasteiger partial charge < -0.3 is 14.8 Å². The van der Waals surface area contributed by atoms with Crippen LogP contribution in [0.2, 0.25) is 0 Å². The molecule has 0 saturated heterocycles. The molecule has 0 amide bonds. The molecule has 1 aromatic rings. The Morgan fingerprint density at radius 2 is 1.60 bits per heavy atom. The van der Waals surface area contributed by atoms with Gasteiger partial charge in [-0.15, -0.1) is 0 Å². The van der Waals surface area contributed by atoms with Crippen LogP contribution in [0.4, 0.5) is 23.2 Å². The first-order chi connectivity index (χ1) is 11.8. The van der Waals surface area contributed by atoms with E-state index >= 15 is 0 Å². The minimum Gasteiger partial charge on any atom is -0.466 e. The van der Waals surface area contributed by atoms with Gasteiger partial charge in [0.25, 0.3) is 11.9 Å². The van der Waals surface area contributed by atoms with Gasteiger partial charge in [0.15, 0.2) is 0 Å². The van der Waals surface area contributed by atoms with Crippen LogP contribution in [0.3, 0.4) is 0 Å². The second kappa shape index (κ2) is 7.24. The van der Waals surface area contributed by atoms with Crippen LogP contribution >= 0.6 is 0 Å². The summed E-state index contributed by atoms with van der Waals surface area (Å²) in [6.07, 6.45) is -0.399. The van der Waals surface area contributed by atoms with Crippen LogP contribution in [-0.4, -0.2) is 35.7 Å². The lowest BCUT2D eigenvalue weighted by Crippen LogP contribution is -2.59. The number of aromatic nitrogens is 1. The summed E-state index contributed by atoms with van der Waals surface area (Å²) in [4.78, 5) is 26.3.